The number of aryl methyl sites for hydroxylation is 1. The Balaban J connectivity index is 2.18. The molecule has 94 valence electrons. The molecular weight excluding hydrogens is 210 g/mol. The first kappa shape index (κ1) is 12.5. The van der Waals surface area contributed by atoms with Crippen LogP contribution >= 0.6 is 0 Å². The fourth-order valence-corrected chi connectivity index (χ4v) is 2.68. The summed E-state index contributed by atoms with van der Waals surface area (Å²) >= 11 is 0. The van der Waals surface area contributed by atoms with E-state index in [1.807, 2.05) is 20.0 Å². The van der Waals surface area contributed by atoms with Crippen LogP contribution in [0.15, 0.2) is 6.20 Å². The standard InChI is InChI=1S/C14H23N3/c1-10(15)13-9-16-14(17-11(13)2)12-7-5-3-4-6-8-12/h9-10,12H,3-8,15H2,1-2H3. The van der Waals surface area contributed by atoms with E-state index in [1.165, 1.54) is 38.5 Å². The third-order valence-electron chi connectivity index (χ3n) is 3.75. The van der Waals surface area contributed by atoms with Crippen molar-refractivity contribution in [1.82, 2.24) is 9.97 Å². The van der Waals surface area contributed by atoms with Gasteiger partial charge in [0, 0.05) is 29.4 Å². The van der Waals surface area contributed by atoms with E-state index in [4.69, 9.17) is 5.73 Å². The largest absolute Gasteiger partial charge is 0.324 e. The van der Waals surface area contributed by atoms with Crippen molar-refractivity contribution in [3.63, 3.8) is 0 Å². The molecule has 0 saturated heterocycles. The van der Waals surface area contributed by atoms with Gasteiger partial charge < -0.3 is 5.73 Å². The molecule has 1 aromatic rings. The van der Waals surface area contributed by atoms with Crippen LogP contribution in [0.25, 0.3) is 0 Å². The van der Waals surface area contributed by atoms with Gasteiger partial charge in [0.05, 0.1) is 0 Å². The van der Waals surface area contributed by atoms with E-state index in [1.54, 1.807) is 0 Å². The van der Waals surface area contributed by atoms with Crippen molar-refractivity contribution in [3.8, 4) is 0 Å². The maximum absolute atomic E-state index is 5.89. The lowest BCUT2D eigenvalue weighted by Crippen LogP contribution is -2.12. The van der Waals surface area contributed by atoms with Gasteiger partial charge in [-0.25, -0.2) is 9.97 Å². The summed E-state index contributed by atoms with van der Waals surface area (Å²) in [6, 6.07) is 0.0261. The van der Waals surface area contributed by atoms with E-state index in [9.17, 15) is 0 Å². The van der Waals surface area contributed by atoms with E-state index in [0.717, 1.165) is 17.1 Å². The Morgan fingerprint density at radius 1 is 1.24 bits per heavy atom. The highest BCUT2D eigenvalue weighted by molar-refractivity contribution is 5.20. The van der Waals surface area contributed by atoms with Crippen LogP contribution in [0.4, 0.5) is 0 Å². The number of rotatable bonds is 2. The van der Waals surface area contributed by atoms with Crippen molar-refractivity contribution in [2.24, 2.45) is 5.73 Å². The molecule has 1 aliphatic carbocycles. The second kappa shape index (κ2) is 5.58. The fourth-order valence-electron chi connectivity index (χ4n) is 2.68. The Morgan fingerprint density at radius 2 is 1.88 bits per heavy atom. The fraction of sp³-hybridized carbons (Fsp3) is 0.714. The van der Waals surface area contributed by atoms with E-state index in [2.05, 4.69) is 9.97 Å². The molecule has 3 heteroatoms. The molecule has 0 bridgehead atoms. The highest BCUT2D eigenvalue weighted by Gasteiger charge is 2.18. The van der Waals surface area contributed by atoms with Gasteiger partial charge in [0.2, 0.25) is 0 Å². The molecule has 0 aromatic carbocycles. The second-order valence-electron chi connectivity index (χ2n) is 5.25. The van der Waals surface area contributed by atoms with Crippen molar-refractivity contribution in [3.05, 3.63) is 23.3 Å². The van der Waals surface area contributed by atoms with Gasteiger partial charge in [0.15, 0.2) is 0 Å². The minimum Gasteiger partial charge on any atom is -0.324 e. The minimum absolute atomic E-state index is 0.0261. The van der Waals surface area contributed by atoms with Gasteiger partial charge >= 0.3 is 0 Å². The van der Waals surface area contributed by atoms with Crippen LogP contribution in [0.1, 0.15) is 74.5 Å². The zero-order valence-electron chi connectivity index (χ0n) is 10.9. The number of aromatic nitrogens is 2. The number of hydrogen-bond donors (Lipinski definition) is 1. The van der Waals surface area contributed by atoms with E-state index in [-0.39, 0.29) is 6.04 Å². The maximum Gasteiger partial charge on any atom is 0.131 e. The van der Waals surface area contributed by atoms with Gasteiger partial charge in [-0.15, -0.1) is 0 Å². The minimum atomic E-state index is 0.0261. The van der Waals surface area contributed by atoms with Crippen LogP contribution < -0.4 is 5.73 Å². The molecule has 1 fully saturated rings. The van der Waals surface area contributed by atoms with Gasteiger partial charge in [-0.2, -0.15) is 0 Å². The van der Waals surface area contributed by atoms with Gasteiger partial charge in [-0.3, -0.25) is 0 Å². The molecular formula is C14H23N3. The Morgan fingerprint density at radius 3 is 2.41 bits per heavy atom. The van der Waals surface area contributed by atoms with Crippen LogP contribution in [-0.2, 0) is 0 Å². The van der Waals surface area contributed by atoms with Crippen molar-refractivity contribution >= 4 is 0 Å². The smallest absolute Gasteiger partial charge is 0.131 e. The molecule has 1 unspecified atom stereocenters. The zero-order chi connectivity index (χ0) is 12.3. The molecule has 2 rings (SSSR count). The number of nitrogens with two attached hydrogens (primary N) is 1. The number of nitrogens with zero attached hydrogens (tertiary/aromatic N) is 2. The van der Waals surface area contributed by atoms with Gasteiger partial charge in [0.25, 0.3) is 0 Å². The maximum atomic E-state index is 5.89. The summed E-state index contributed by atoms with van der Waals surface area (Å²) in [6.45, 7) is 4.03. The second-order valence-corrected chi connectivity index (χ2v) is 5.25. The van der Waals surface area contributed by atoms with Crippen LogP contribution in [0, 0.1) is 6.92 Å². The SMILES string of the molecule is Cc1nc(C2CCCCCC2)ncc1C(C)N. The summed E-state index contributed by atoms with van der Waals surface area (Å²) in [5, 5.41) is 0. The molecule has 1 aromatic heterocycles. The van der Waals surface area contributed by atoms with Crippen LogP contribution in [0.5, 0.6) is 0 Å². The Hall–Kier alpha value is -0.960. The predicted molar refractivity (Wildman–Crippen MR) is 69.8 cm³/mol. The predicted octanol–water partition coefficient (Wildman–Crippen LogP) is 3.24. The Labute approximate surface area is 104 Å². The summed E-state index contributed by atoms with van der Waals surface area (Å²) in [7, 11) is 0. The molecule has 1 saturated carbocycles. The third-order valence-corrected chi connectivity index (χ3v) is 3.75. The first-order valence-corrected chi connectivity index (χ1v) is 6.77. The molecule has 1 heterocycles. The Bertz CT molecular complexity index is 366. The molecule has 0 spiro atoms. The van der Waals surface area contributed by atoms with Crippen LogP contribution in [0.3, 0.4) is 0 Å². The van der Waals surface area contributed by atoms with Gasteiger partial charge in [0.1, 0.15) is 5.82 Å². The quantitative estimate of drug-likeness (QED) is 0.798. The Kier molecular flexibility index (Phi) is 4.11. The third kappa shape index (κ3) is 3.03. The average Bonchev–Trinajstić information content (AvgIpc) is 2.56. The molecule has 3 nitrogen and oxygen atoms in total. The summed E-state index contributed by atoms with van der Waals surface area (Å²) < 4.78 is 0. The molecule has 2 N–H and O–H groups in total. The summed E-state index contributed by atoms with van der Waals surface area (Å²) in [5.74, 6) is 1.60. The topological polar surface area (TPSA) is 51.8 Å². The normalized spacial score (nSPS) is 19.9. The lowest BCUT2D eigenvalue weighted by molar-refractivity contribution is 0.556. The van der Waals surface area contributed by atoms with Gasteiger partial charge in [-0.1, -0.05) is 25.7 Å². The molecule has 1 atom stereocenters. The highest BCUT2D eigenvalue weighted by Crippen LogP contribution is 2.30. The van der Waals surface area contributed by atoms with Crippen molar-refractivity contribution in [2.75, 3.05) is 0 Å². The summed E-state index contributed by atoms with van der Waals surface area (Å²) in [6.07, 6.45) is 9.80. The summed E-state index contributed by atoms with van der Waals surface area (Å²) in [5.41, 5.74) is 8.01. The van der Waals surface area contributed by atoms with Crippen LogP contribution in [0.2, 0.25) is 0 Å². The molecule has 17 heavy (non-hydrogen) atoms. The van der Waals surface area contributed by atoms with E-state index in [0.29, 0.717) is 5.92 Å². The molecule has 0 amide bonds. The molecule has 0 aliphatic heterocycles. The van der Waals surface area contributed by atoms with Crippen molar-refractivity contribution in [2.45, 2.75) is 64.3 Å². The lowest BCUT2D eigenvalue weighted by Gasteiger charge is -2.15. The number of hydrogen-bond acceptors (Lipinski definition) is 3. The van der Waals surface area contributed by atoms with Crippen molar-refractivity contribution in [1.29, 1.82) is 0 Å². The zero-order valence-corrected chi connectivity index (χ0v) is 10.9. The van der Waals surface area contributed by atoms with E-state index >= 15 is 0 Å². The summed E-state index contributed by atoms with van der Waals surface area (Å²) in [4.78, 5) is 9.20. The molecule has 0 radical (unpaired) electrons. The first-order chi connectivity index (χ1) is 8.18. The van der Waals surface area contributed by atoms with Gasteiger partial charge in [-0.05, 0) is 26.7 Å². The van der Waals surface area contributed by atoms with Crippen molar-refractivity contribution < 1.29 is 0 Å². The first-order valence-electron chi connectivity index (χ1n) is 6.77. The lowest BCUT2D eigenvalue weighted by atomic mass is 9.99. The van der Waals surface area contributed by atoms with E-state index < -0.39 is 0 Å². The monoisotopic (exact) mass is 233 g/mol. The molecule has 1 aliphatic rings. The highest BCUT2D eigenvalue weighted by atomic mass is 14.9. The average molecular weight is 233 g/mol. The van der Waals surface area contributed by atoms with Crippen LogP contribution in [-0.4, -0.2) is 9.97 Å².